The second kappa shape index (κ2) is 33.0. The van der Waals surface area contributed by atoms with Crippen LogP contribution in [0.25, 0.3) is 0 Å². The largest absolute Gasteiger partial charge is 1.00 e. The van der Waals surface area contributed by atoms with Crippen molar-refractivity contribution >= 4 is 0 Å². The molecule has 9 nitrogen and oxygen atoms in total. The van der Waals surface area contributed by atoms with Crippen LogP contribution in [0.3, 0.4) is 0 Å². The van der Waals surface area contributed by atoms with Gasteiger partial charge in [0.2, 0.25) is 0 Å². The Kier molecular flexibility index (Phi) is 43.7. The molecule has 0 saturated carbocycles. The summed E-state index contributed by atoms with van der Waals surface area (Å²) in [4.78, 5) is 38.2. The second-order valence-electron chi connectivity index (χ2n) is 8.59. The van der Waals surface area contributed by atoms with E-state index in [2.05, 4.69) is 21.9 Å². The molecule has 16 heteroatoms. The minimum Gasteiger partial charge on any atom is -0.872 e. The van der Waals surface area contributed by atoms with Crippen molar-refractivity contribution < 1.29 is 375 Å². The van der Waals surface area contributed by atoms with Crippen molar-refractivity contribution in [1.82, 2.24) is 15.0 Å². The van der Waals surface area contributed by atoms with Gasteiger partial charge in [0.25, 0.3) is 0 Å². The predicted molar refractivity (Wildman–Crippen MR) is 144 cm³/mol. The van der Waals surface area contributed by atoms with Crippen LogP contribution in [0.15, 0.2) is 111 Å². The van der Waals surface area contributed by atoms with Crippen molar-refractivity contribution in [3.05, 3.63) is 163 Å². The molecule has 0 fully saturated rings. The summed E-state index contributed by atoms with van der Waals surface area (Å²) in [5.41, 5.74) is 1.62. The van der Waals surface area contributed by atoms with Gasteiger partial charge in [-0.2, -0.15) is 24.6 Å². The fourth-order valence-corrected chi connectivity index (χ4v) is 4.23. The van der Waals surface area contributed by atoms with Crippen LogP contribution < -0.4 is 407 Å². The molecule has 0 aliphatic rings. The average molecular weight is 808 g/mol. The van der Waals surface area contributed by atoms with Crippen molar-refractivity contribution in [2.75, 3.05) is 0 Å². The molecule has 1 atom stereocenters. The molecule has 206 valence electrons. The van der Waals surface area contributed by atoms with Crippen LogP contribution in [0.1, 0.15) is 47.1 Å². The van der Waals surface area contributed by atoms with E-state index in [1.54, 1.807) is 36.4 Å². The van der Waals surface area contributed by atoms with Gasteiger partial charge in [-0.3, -0.25) is 0 Å². The minimum atomic E-state index is -1.08. The van der Waals surface area contributed by atoms with E-state index >= 15 is 0 Å². The van der Waals surface area contributed by atoms with E-state index in [0.29, 0.717) is 0 Å². The summed E-state index contributed by atoms with van der Waals surface area (Å²) in [6, 6.07) is 28.4. The Labute approximate surface area is 572 Å². The van der Waals surface area contributed by atoms with Crippen LogP contribution in [-0.2, 0) is 0 Å². The first-order valence-electron chi connectivity index (χ1n) is 11.7. The second-order valence-corrected chi connectivity index (χ2v) is 8.59. The first kappa shape index (κ1) is 62.2. The average Bonchev–Trinajstić information content (AvgIpc) is 2.90. The van der Waals surface area contributed by atoms with Gasteiger partial charge in [-0.25, -0.2) is 0 Å². The molecule has 5 rings (SSSR count). The van der Waals surface area contributed by atoms with Crippen molar-refractivity contribution in [3.63, 3.8) is 0 Å². The topological polar surface area (TPSA) is 163 Å². The number of hydrogen-bond donors (Lipinski definition) is 0. The summed E-state index contributed by atoms with van der Waals surface area (Å²) in [5, 5.41) is 35.2. The fraction of sp³-hybridized carbons (Fsp3) is 0.0968. The van der Waals surface area contributed by atoms with Crippen LogP contribution in [0.4, 0.5) is 0 Å². The molecule has 0 radical (unpaired) electrons. The summed E-state index contributed by atoms with van der Waals surface area (Å²) in [6.45, 7) is 3.98. The zero-order valence-corrected chi connectivity index (χ0v) is 49.3. The molecular weight excluding hydrogens is 784 g/mol. The Balaban J connectivity index is -0.000000305. The van der Waals surface area contributed by atoms with Crippen LogP contribution in [0.5, 0.6) is 17.2 Å². The van der Waals surface area contributed by atoms with E-state index in [1.807, 2.05) is 60.7 Å². The zero-order valence-electron chi connectivity index (χ0n) is 27.4. The number of aromatic nitrogens is 3. The molecule has 0 saturated heterocycles. The fourth-order valence-electron chi connectivity index (χ4n) is 4.23. The quantitative estimate of drug-likeness (QED) is 0.124. The van der Waals surface area contributed by atoms with Gasteiger partial charge in [0.05, 0.1) is 0 Å². The molecule has 1 heterocycles. The third-order valence-corrected chi connectivity index (χ3v) is 5.96. The SMILES string of the molecule is C.O=c1[n-]c(=O)[n-]c(=O)[n-]1.[CH2-]c1ccc(C(c2ccc([O-])cc2)C(c2ccc([O-])cc2)c2ccc([O-])cc2)cc1.[K+].[K+].[K+].[K+].[K+].[K+].[K+]. The summed E-state index contributed by atoms with van der Waals surface area (Å²) < 4.78 is 0. The van der Waals surface area contributed by atoms with Crippen LogP contribution in [0, 0.1) is 6.92 Å². The van der Waals surface area contributed by atoms with Gasteiger partial charge >= 0.3 is 360 Å². The molecule has 0 spiro atoms. The number of hydrogen-bond acceptors (Lipinski definition) is 6. The minimum absolute atomic E-state index is 0. The number of rotatable bonds is 5. The number of nitrogens with zero attached hydrogens (tertiary/aromatic N) is 3. The molecule has 0 bridgehead atoms. The molecule has 1 aromatic heterocycles. The third kappa shape index (κ3) is 21.4. The van der Waals surface area contributed by atoms with Crippen molar-refractivity contribution in [2.24, 2.45) is 0 Å². The maximum atomic E-state index is 11.7. The Morgan fingerprint density at radius 3 is 0.809 bits per heavy atom. The molecule has 0 N–H and O–H groups in total. The van der Waals surface area contributed by atoms with E-state index in [4.69, 9.17) is 0 Å². The summed E-state index contributed by atoms with van der Waals surface area (Å²) in [5.74, 6) is -0.434. The van der Waals surface area contributed by atoms with E-state index in [1.165, 1.54) is 0 Å². The Morgan fingerprint density at radius 1 is 0.404 bits per heavy atom. The molecule has 0 aliphatic carbocycles. The zero-order chi connectivity index (χ0) is 27.9. The van der Waals surface area contributed by atoms with Gasteiger partial charge in [0.1, 0.15) is 0 Å². The molecule has 5 aromatic rings. The van der Waals surface area contributed by atoms with Crippen molar-refractivity contribution in [2.45, 2.75) is 19.3 Å². The molecule has 47 heavy (non-hydrogen) atoms. The van der Waals surface area contributed by atoms with Crippen molar-refractivity contribution in [3.8, 4) is 17.2 Å². The normalized spacial score (nSPS) is 9.47. The van der Waals surface area contributed by atoms with Gasteiger partial charge in [-0.05, 0) is 33.8 Å². The van der Waals surface area contributed by atoms with Gasteiger partial charge in [0, 0.05) is 11.8 Å². The number of benzene rings is 4. The molecular formula is C31H24K7N3O6. The Bertz CT molecular complexity index is 1450. The molecule has 0 amide bonds. The van der Waals surface area contributed by atoms with Crippen LogP contribution >= 0.6 is 0 Å². The summed E-state index contributed by atoms with van der Waals surface area (Å²) in [7, 11) is 0. The van der Waals surface area contributed by atoms with Gasteiger partial charge in [0.15, 0.2) is 0 Å². The first-order valence-corrected chi connectivity index (χ1v) is 11.7. The standard InChI is InChI=1S/C27H23O3.C3H3N3O3.CH4.7K/c1-18-2-4-19(5-3-18)26(20-6-12-23(28)13-7-20)27(21-8-14-24(29)15-9-21)22-10-16-25(30)17-11-22;7-1-4-2(8)6-3(9)5-1;;;;;;;;/h2-17,26-30H,1H2;(H3,4,5,6,7,8,9);1H4;;;;;;;/q-1;;;7*+1/p-6. The maximum Gasteiger partial charge on any atom is 1.00 e. The summed E-state index contributed by atoms with van der Waals surface area (Å²) in [6.07, 6.45) is 0. The third-order valence-electron chi connectivity index (χ3n) is 5.96. The summed E-state index contributed by atoms with van der Waals surface area (Å²) >= 11 is 0. The molecule has 0 aliphatic heterocycles. The van der Waals surface area contributed by atoms with E-state index in [0.717, 1.165) is 27.8 Å². The molecule has 1 unspecified atom stereocenters. The monoisotopic (exact) mass is 807 g/mol. The van der Waals surface area contributed by atoms with Gasteiger partial charge in [-0.1, -0.05) is 85.8 Å². The van der Waals surface area contributed by atoms with Crippen LogP contribution in [0.2, 0.25) is 0 Å². The Hall–Kier alpha value is 6.01. The van der Waals surface area contributed by atoms with Crippen molar-refractivity contribution in [1.29, 1.82) is 0 Å². The van der Waals surface area contributed by atoms with E-state index in [9.17, 15) is 29.7 Å². The van der Waals surface area contributed by atoms with E-state index < -0.39 is 17.1 Å². The van der Waals surface area contributed by atoms with E-state index in [-0.39, 0.29) is 396 Å². The van der Waals surface area contributed by atoms with Crippen LogP contribution in [-0.4, -0.2) is 0 Å². The smallest absolute Gasteiger partial charge is 0.872 e. The predicted octanol–water partition coefficient (Wildman–Crippen LogP) is -19.6. The van der Waals surface area contributed by atoms with Gasteiger partial charge < -0.3 is 44.7 Å². The van der Waals surface area contributed by atoms with Gasteiger partial charge in [-0.15, -0.1) is 29.4 Å². The first-order chi connectivity index (χ1) is 18.7. The molecule has 4 aromatic carbocycles. The maximum absolute atomic E-state index is 11.7. The Morgan fingerprint density at radius 2 is 0.596 bits per heavy atom.